The van der Waals surface area contributed by atoms with Crippen molar-refractivity contribution in [1.29, 1.82) is 0 Å². The second kappa shape index (κ2) is 8.14. The Hall–Kier alpha value is -2.32. The molecular weight excluding hydrogens is 368 g/mol. The van der Waals surface area contributed by atoms with Crippen LogP contribution >= 0.6 is 0 Å². The molecule has 0 amide bonds. The van der Waals surface area contributed by atoms with Gasteiger partial charge >= 0.3 is 5.97 Å². The molecule has 0 atom stereocenters. The summed E-state index contributed by atoms with van der Waals surface area (Å²) < 4.78 is 39.5. The Balaban J connectivity index is 1.83. The summed E-state index contributed by atoms with van der Waals surface area (Å²) in [6.45, 7) is 3.31. The molecule has 1 aromatic carbocycles. The van der Waals surface area contributed by atoms with E-state index < -0.39 is 16.0 Å². The van der Waals surface area contributed by atoms with Crippen molar-refractivity contribution in [3.8, 4) is 11.5 Å². The van der Waals surface area contributed by atoms with Gasteiger partial charge in [-0.2, -0.15) is 4.31 Å². The molecule has 7 nitrogen and oxygen atoms in total. The van der Waals surface area contributed by atoms with Crippen molar-refractivity contribution in [3.63, 3.8) is 0 Å². The predicted octanol–water partition coefficient (Wildman–Crippen LogP) is 2.82. The molecule has 1 aliphatic heterocycles. The lowest BCUT2D eigenvalue weighted by Gasteiger charge is -2.25. The number of hydrogen-bond donors (Lipinski definition) is 0. The molecule has 0 unspecified atom stereocenters. The van der Waals surface area contributed by atoms with Gasteiger partial charge in [0.25, 0.3) is 0 Å². The van der Waals surface area contributed by atoms with Crippen molar-refractivity contribution in [2.75, 3.05) is 19.7 Å². The van der Waals surface area contributed by atoms with Crippen LogP contribution in [0.3, 0.4) is 0 Å². The van der Waals surface area contributed by atoms with E-state index in [1.165, 1.54) is 21.1 Å². The highest BCUT2D eigenvalue weighted by molar-refractivity contribution is 7.89. The molecule has 0 aliphatic carbocycles. The van der Waals surface area contributed by atoms with E-state index in [0.29, 0.717) is 31.2 Å². The first-order chi connectivity index (χ1) is 12.9. The molecule has 1 aliphatic rings. The molecule has 0 saturated carbocycles. The highest BCUT2D eigenvalue weighted by Gasteiger charge is 2.29. The van der Waals surface area contributed by atoms with Crippen LogP contribution in [0.25, 0.3) is 0 Å². The van der Waals surface area contributed by atoms with Crippen molar-refractivity contribution < 1.29 is 22.7 Å². The third-order valence-corrected chi connectivity index (χ3v) is 6.36. The minimum Gasteiger partial charge on any atom is -0.490 e. The van der Waals surface area contributed by atoms with Crippen molar-refractivity contribution in [1.82, 2.24) is 8.87 Å². The summed E-state index contributed by atoms with van der Waals surface area (Å²) in [5.41, 5.74) is 0.164. The average molecular weight is 392 g/mol. The maximum absolute atomic E-state index is 12.8. The van der Waals surface area contributed by atoms with Gasteiger partial charge in [0.1, 0.15) is 10.6 Å². The predicted molar refractivity (Wildman–Crippen MR) is 101 cm³/mol. The normalized spacial score (nSPS) is 15.5. The van der Waals surface area contributed by atoms with Crippen LogP contribution in [0.15, 0.2) is 41.4 Å². The Morgan fingerprint density at radius 2 is 1.78 bits per heavy atom. The molecule has 8 heteroatoms. The van der Waals surface area contributed by atoms with Gasteiger partial charge in [0.05, 0.1) is 6.61 Å². The molecular formula is C19H24N2O5S. The zero-order valence-corrected chi connectivity index (χ0v) is 16.4. The van der Waals surface area contributed by atoms with E-state index in [1.54, 1.807) is 31.3 Å². The SMILES string of the molecule is CCOc1ccccc1OC(=O)c1cc(S(=O)(=O)N2CCCCC2)cn1C. The Morgan fingerprint density at radius 3 is 2.44 bits per heavy atom. The van der Waals surface area contributed by atoms with Gasteiger partial charge in [0.2, 0.25) is 10.0 Å². The number of aryl methyl sites for hydroxylation is 1. The molecule has 2 aromatic rings. The van der Waals surface area contributed by atoms with Crippen molar-refractivity contribution in [3.05, 3.63) is 42.2 Å². The lowest BCUT2D eigenvalue weighted by atomic mass is 10.2. The molecule has 1 fully saturated rings. The Kier molecular flexibility index (Phi) is 5.86. The van der Waals surface area contributed by atoms with Crippen LogP contribution in [-0.4, -0.2) is 43.0 Å². The number of carbonyl (C=O) groups is 1. The number of rotatable bonds is 6. The average Bonchev–Trinajstić information content (AvgIpc) is 3.07. The number of esters is 1. The van der Waals surface area contributed by atoms with Crippen LogP contribution in [-0.2, 0) is 17.1 Å². The number of piperidine rings is 1. The number of para-hydroxylation sites is 2. The topological polar surface area (TPSA) is 77.8 Å². The molecule has 3 rings (SSSR count). The molecule has 0 bridgehead atoms. The Morgan fingerprint density at radius 1 is 1.11 bits per heavy atom. The smallest absolute Gasteiger partial charge is 0.360 e. The first-order valence-electron chi connectivity index (χ1n) is 9.04. The highest BCUT2D eigenvalue weighted by atomic mass is 32.2. The fourth-order valence-electron chi connectivity index (χ4n) is 3.09. The monoisotopic (exact) mass is 392 g/mol. The molecule has 2 heterocycles. The van der Waals surface area contributed by atoms with Crippen molar-refractivity contribution >= 4 is 16.0 Å². The summed E-state index contributed by atoms with van der Waals surface area (Å²) in [4.78, 5) is 12.7. The lowest BCUT2D eigenvalue weighted by Crippen LogP contribution is -2.35. The number of hydrogen-bond acceptors (Lipinski definition) is 5. The van der Waals surface area contributed by atoms with Gasteiger partial charge in [-0.05, 0) is 38.0 Å². The maximum Gasteiger partial charge on any atom is 0.360 e. The molecule has 146 valence electrons. The minimum atomic E-state index is -3.61. The summed E-state index contributed by atoms with van der Waals surface area (Å²) in [5.74, 6) is 0.124. The van der Waals surface area contributed by atoms with Gasteiger partial charge in [0.15, 0.2) is 11.5 Å². The second-order valence-corrected chi connectivity index (χ2v) is 8.34. The highest BCUT2D eigenvalue weighted by Crippen LogP contribution is 2.28. The summed E-state index contributed by atoms with van der Waals surface area (Å²) in [6, 6.07) is 8.24. The molecule has 0 radical (unpaired) electrons. The van der Waals surface area contributed by atoms with Crippen LogP contribution in [0, 0.1) is 0 Å². The van der Waals surface area contributed by atoms with Crippen LogP contribution in [0.4, 0.5) is 0 Å². The van der Waals surface area contributed by atoms with Crippen molar-refractivity contribution in [2.45, 2.75) is 31.1 Å². The van der Waals surface area contributed by atoms with Gasteiger partial charge in [-0.3, -0.25) is 0 Å². The molecule has 0 spiro atoms. The Labute approximate surface area is 159 Å². The maximum atomic E-state index is 12.8. The van der Waals surface area contributed by atoms with Gasteiger partial charge in [-0.1, -0.05) is 18.6 Å². The molecule has 1 aromatic heterocycles. The van der Waals surface area contributed by atoms with E-state index in [4.69, 9.17) is 9.47 Å². The summed E-state index contributed by atoms with van der Waals surface area (Å²) in [7, 11) is -1.98. The number of carbonyl (C=O) groups excluding carboxylic acids is 1. The Bertz CT molecular complexity index is 914. The summed E-state index contributed by atoms with van der Waals surface area (Å²) in [6.07, 6.45) is 4.21. The van der Waals surface area contributed by atoms with Crippen LogP contribution in [0.2, 0.25) is 0 Å². The zero-order chi connectivity index (χ0) is 19.4. The molecule has 0 N–H and O–H groups in total. The van der Waals surface area contributed by atoms with Crippen LogP contribution in [0.5, 0.6) is 11.5 Å². The number of aromatic nitrogens is 1. The zero-order valence-electron chi connectivity index (χ0n) is 15.6. The molecule has 27 heavy (non-hydrogen) atoms. The summed E-state index contributed by atoms with van der Waals surface area (Å²) >= 11 is 0. The fraction of sp³-hybridized carbons (Fsp3) is 0.421. The largest absolute Gasteiger partial charge is 0.490 e. The van der Waals surface area contributed by atoms with Gasteiger partial charge in [0, 0.05) is 26.3 Å². The second-order valence-electron chi connectivity index (χ2n) is 6.41. The van der Waals surface area contributed by atoms with Crippen molar-refractivity contribution in [2.24, 2.45) is 7.05 Å². The van der Waals surface area contributed by atoms with Crippen LogP contribution in [0.1, 0.15) is 36.7 Å². The first kappa shape index (κ1) is 19.4. The number of sulfonamides is 1. The summed E-state index contributed by atoms with van der Waals surface area (Å²) in [5, 5.41) is 0. The van der Waals surface area contributed by atoms with Crippen LogP contribution < -0.4 is 9.47 Å². The van der Waals surface area contributed by atoms with E-state index in [9.17, 15) is 13.2 Å². The third kappa shape index (κ3) is 4.17. The van der Waals surface area contributed by atoms with E-state index in [-0.39, 0.29) is 10.6 Å². The van der Waals surface area contributed by atoms with Gasteiger partial charge in [-0.15, -0.1) is 0 Å². The number of nitrogens with zero attached hydrogens (tertiary/aromatic N) is 2. The number of ether oxygens (including phenoxy) is 2. The van der Waals surface area contributed by atoms with Gasteiger partial charge < -0.3 is 14.0 Å². The quantitative estimate of drug-likeness (QED) is 0.558. The van der Waals surface area contributed by atoms with E-state index in [1.807, 2.05) is 6.92 Å². The minimum absolute atomic E-state index is 0.108. The van der Waals surface area contributed by atoms with E-state index >= 15 is 0 Å². The standard InChI is InChI=1S/C19H24N2O5S/c1-3-25-17-9-5-6-10-18(17)26-19(22)16-13-15(14-20(16)2)27(23,24)21-11-7-4-8-12-21/h5-6,9-10,13-14H,3-4,7-8,11-12H2,1-2H3. The first-order valence-corrected chi connectivity index (χ1v) is 10.5. The van der Waals surface area contributed by atoms with Gasteiger partial charge in [-0.25, -0.2) is 13.2 Å². The molecule has 1 saturated heterocycles. The third-order valence-electron chi connectivity index (χ3n) is 4.49. The number of benzene rings is 1. The van der Waals surface area contributed by atoms with E-state index in [0.717, 1.165) is 19.3 Å². The fourth-order valence-corrected chi connectivity index (χ4v) is 4.68. The lowest BCUT2D eigenvalue weighted by molar-refractivity contribution is 0.0718. The van der Waals surface area contributed by atoms with E-state index in [2.05, 4.69) is 0 Å².